The lowest BCUT2D eigenvalue weighted by molar-refractivity contribution is -0.144. The van der Waals surface area contributed by atoms with Crippen LogP contribution in [0.15, 0.2) is 73.6 Å². The van der Waals surface area contributed by atoms with Crippen LogP contribution in [0.4, 0.5) is 0 Å². The summed E-state index contributed by atoms with van der Waals surface area (Å²) in [7, 11) is 0. The Balaban J connectivity index is 1.48. The summed E-state index contributed by atoms with van der Waals surface area (Å²) in [5, 5.41) is 0. The molecule has 34 heavy (non-hydrogen) atoms. The molecule has 5 heteroatoms. The molecular formula is C29H34N2O3. The van der Waals surface area contributed by atoms with Gasteiger partial charge in [0.05, 0.1) is 12.4 Å². The Morgan fingerprint density at radius 1 is 0.824 bits per heavy atom. The van der Waals surface area contributed by atoms with Crippen LogP contribution in [0, 0.1) is 0 Å². The van der Waals surface area contributed by atoms with E-state index < -0.39 is 5.97 Å². The van der Waals surface area contributed by atoms with E-state index in [0.29, 0.717) is 11.6 Å². The smallest absolute Gasteiger partial charge is 0.333 e. The van der Waals surface area contributed by atoms with Gasteiger partial charge in [0.15, 0.2) is 11.6 Å². The highest BCUT2D eigenvalue weighted by atomic mass is 16.7. The maximum Gasteiger partial charge on any atom is 0.333 e. The second kappa shape index (κ2) is 13.9. The predicted octanol–water partition coefficient (Wildman–Crippen LogP) is 7.17. The summed E-state index contributed by atoms with van der Waals surface area (Å²) in [5.74, 6) is 0.487. The van der Waals surface area contributed by atoms with Crippen LogP contribution in [-0.2, 0) is 16.0 Å². The molecule has 0 spiro atoms. The highest BCUT2D eigenvalue weighted by Gasteiger charge is 2.05. The number of unbranched alkanes of at least 4 members (excludes halogenated alkanes) is 6. The van der Waals surface area contributed by atoms with E-state index in [1.54, 1.807) is 12.4 Å². The molecular weight excluding hydrogens is 424 g/mol. The third kappa shape index (κ3) is 8.14. The van der Waals surface area contributed by atoms with Crippen molar-refractivity contribution >= 4 is 5.97 Å². The Morgan fingerprint density at radius 2 is 1.38 bits per heavy atom. The zero-order valence-corrected chi connectivity index (χ0v) is 20.0. The first-order valence-electron chi connectivity index (χ1n) is 12.1. The van der Waals surface area contributed by atoms with Crippen molar-refractivity contribution in [2.24, 2.45) is 0 Å². The van der Waals surface area contributed by atoms with Crippen molar-refractivity contribution in [1.82, 2.24) is 9.97 Å². The van der Waals surface area contributed by atoms with Crippen molar-refractivity contribution < 1.29 is 14.3 Å². The number of esters is 1. The molecule has 0 bridgehead atoms. The molecule has 5 nitrogen and oxygen atoms in total. The Labute approximate surface area is 202 Å². The van der Waals surface area contributed by atoms with E-state index in [1.807, 2.05) is 12.1 Å². The molecule has 0 saturated heterocycles. The number of rotatable bonds is 14. The van der Waals surface area contributed by atoms with Gasteiger partial charge in [0.25, 0.3) is 0 Å². The minimum absolute atomic E-state index is 0.208. The number of hydrogen-bond donors (Lipinski definition) is 0. The predicted molar refractivity (Wildman–Crippen MR) is 136 cm³/mol. The maximum absolute atomic E-state index is 11.0. The molecule has 0 fully saturated rings. The van der Waals surface area contributed by atoms with E-state index in [0.717, 1.165) is 23.6 Å². The summed E-state index contributed by atoms with van der Waals surface area (Å²) in [5.41, 5.74) is 4.69. The van der Waals surface area contributed by atoms with Gasteiger partial charge in [-0.15, -0.1) is 0 Å². The molecule has 0 radical (unpaired) electrons. The van der Waals surface area contributed by atoms with Crippen LogP contribution in [0.3, 0.4) is 0 Å². The Kier molecular flexibility index (Phi) is 10.3. The van der Waals surface area contributed by atoms with E-state index in [1.165, 1.54) is 56.1 Å². The molecule has 1 heterocycles. The summed E-state index contributed by atoms with van der Waals surface area (Å²) in [6, 6.07) is 17.1. The van der Waals surface area contributed by atoms with Gasteiger partial charge >= 0.3 is 5.97 Å². The van der Waals surface area contributed by atoms with Gasteiger partial charge in [-0.2, -0.15) is 0 Å². The summed E-state index contributed by atoms with van der Waals surface area (Å²) >= 11 is 0. The molecule has 3 rings (SSSR count). The van der Waals surface area contributed by atoms with Crippen molar-refractivity contribution in [1.29, 1.82) is 0 Å². The number of benzene rings is 2. The topological polar surface area (TPSA) is 61.3 Å². The van der Waals surface area contributed by atoms with Gasteiger partial charge in [-0.3, -0.25) is 0 Å². The number of nitrogens with zero attached hydrogens (tertiary/aromatic N) is 2. The molecule has 0 aliphatic heterocycles. The molecule has 0 N–H and O–H groups in total. The first kappa shape index (κ1) is 25.2. The maximum atomic E-state index is 11.0. The number of hydrogen-bond acceptors (Lipinski definition) is 5. The van der Waals surface area contributed by atoms with Crippen LogP contribution in [0.5, 0.6) is 5.75 Å². The van der Waals surface area contributed by atoms with E-state index in [-0.39, 0.29) is 6.79 Å². The fourth-order valence-corrected chi connectivity index (χ4v) is 3.72. The molecule has 0 aliphatic carbocycles. The first-order chi connectivity index (χ1) is 16.7. The van der Waals surface area contributed by atoms with Crippen LogP contribution in [0.25, 0.3) is 22.5 Å². The number of ether oxygens (including phenoxy) is 2. The van der Waals surface area contributed by atoms with Crippen molar-refractivity contribution in [2.75, 3.05) is 6.79 Å². The van der Waals surface area contributed by atoms with Gasteiger partial charge in [0.2, 0.25) is 6.79 Å². The summed E-state index contributed by atoms with van der Waals surface area (Å²) < 4.78 is 10.1. The average molecular weight is 459 g/mol. The molecule has 0 saturated carbocycles. The second-order valence-corrected chi connectivity index (χ2v) is 8.32. The number of carbonyl (C=O) groups excluding carboxylic acids is 1. The Bertz CT molecular complexity index is 1010. The van der Waals surface area contributed by atoms with Gasteiger partial charge in [-0.25, -0.2) is 14.8 Å². The monoisotopic (exact) mass is 458 g/mol. The van der Waals surface area contributed by atoms with E-state index in [4.69, 9.17) is 9.47 Å². The first-order valence-corrected chi connectivity index (χ1v) is 12.1. The van der Waals surface area contributed by atoms with Crippen molar-refractivity contribution in [3.8, 4) is 28.3 Å². The molecule has 0 aliphatic rings. The third-order valence-electron chi connectivity index (χ3n) is 5.72. The Morgan fingerprint density at radius 3 is 2.00 bits per heavy atom. The second-order valence-electron chi connectivity index (χ2n) is 8.32. The molecule has 0 unspecified atom stereocenters. The van der Waals surface area contributed by atoms with E-state index in [9.17, 15) is 4.79 Å². The summed E-state index contributed by atoms with van der Waals surface area (Å²) in [6.45, 7) is 5.38. The fourth-order valence-electron chi connectivity index (χ4n) is 3.72. The van der Waals surface area contributed by atoms with E-state index in [2.05, 4.69) is 59.9 Å². The highest BCUT2D eigenvalue weighted by Crippen LogP contribution is 2.24. The minimum Gasteiger partial charge on any atom is -0.454 e. The highest BCUT2D eigenvalue weighted by molar-refractivity contribution is 5.81. The summed E-state index contributed by atoms with van der Waals surface area (Å²) in [6.07, 6.45) is 14.7. The Hall–Kier alpha value is -3.47. The van der Waals surface area contributed by atoms with Crippen molar-refractivity contribution in [3.05, 3.63) is 79.1 Å². The van der Waals surface area contributed by atoms with Crippen molar-refractivity contribution in [3.63, 3.8) is 0 Å². The molecule has 1 aromatic heterocycles. The van der Waals surface area contributed by atoms with Crippen LogP contribution < -0.4 is 4.74 Å². The van der Waals surface area contributed by atoms with E-state index >= 15 is 0 Å². The van der Waals surface area contributed by atoms with Gasteiger partial charge in [-0.05, 0) is 29.5 Å². The van der Waals surface area contributed by atoms with Crippen molar-refractivity contribution in [2.45, 2.75) is 58.3 Å². The van der Waals surface area contributed by atoms with Crippen LogP contribution in [0.2, 0.25) is 0 Å². The lowest BCUT2D eigenvalue weighted by Gasteiger charge is -2.07. The number of aryl methyl sites for hydroxylation is 1. The quantitative estimate of drug-likeness (QED) is 0.111. The molecule has 0 atom stereocenters. The fraction of sp³-hybridized carbons (Fsp3) is 0.345. The zero-order valence-electron chi connectivity index (χ0n) is 20.0. The largest absolute Gasteiger partial charge is 0.454 e. The molecule has 0 amide bonds. The normalized spacial score (nSPS) is 10.6. The molecule has 3 aromatic rings. The SMILES string of the molecule is C=CC(=O)OCOc1cnc(-c2ccc(-c3ccc(CCCCCCCCC)cc3)cc2)nc1. The minimum atomic E-state index is -0.541. The van der Waals surface area contributed by atoms with Crippen LogP contribution in [0.1, 0.15) is 57.4 Å². The van der Waals surface area contributed by atoms with Gasteiger partial charge < -0.3 is 9.47 Å². The number of aromatic nitrogens is 2. The lowest BCUT2D eigenvalue weighted by Crippen LogP contribution is -2.08. The number of carbonyl (C=O) groups is 1. The van der Waals surface area contributed by atoms with Crippen LogP contribution >= 0.6 is 0 Å². The van der Waals surface area contributed by atoms with Gasteiger partial charge in [0, 0.05) is 11.6 Å². The lowest BCUT2D eigenvalue weighted by atomic mass is 10.00. The van der Waals surface area contributed by atoms with Gasteiger partial charge in [-0.1, -0.05) is 101 Å². The van der Waals surface area contributed by atoms with Crippen LogP contribution in [-0.4, -0.2) is 22.7 Å². The molecule has 2 aromatic carbocycles. The third-order valence-corrected chi connectivity index (χ3v) is 5.72. The average Bonchev–Trinajstić information content (AvgIpc) is 2.89. The molecule has 178 valence electrons. The zero-order chi connectivity index (χ0) is 24.0. The summed E-state index contributed by atoms with van der Waals surface area (Å²) in [4.78, 5) is 19.7. The van der Waals surface area contributed by atoms with Gasteiger partial charge in [0.1, 0.15) is 0 Å². The standard InChI is InChI=1S/C29H34N2O3/c1-3-5-6-7-8-9-10-11-23-12-14-24(15-13-23)25-16-18-26(19-17-25)29-30-20-27(21-31-29)33-22-34-28(32)4-2/h4,12-21H,2-3,5-11,22H2,1H3.